The molecule has 7 heteroatoms. The Morgan fingerprint density at radius 3 is 1.93 bits per heavy atom. The molecule has 0 saturated heterocycles. The molecule has 2 rings (SSSR count). The Kier molecular flexibility index (Phi) is 7.56. The van der Waals surface area contributed by atoms with Gasteiger partial charge in [0.1, 0.15) is 6.61 Å². The second-order valence-electron chi connectivity index (χ2n) is 5.59. The van der Waals surface area contributed by atoms with Crippen LogP contribution in [-0.4, -0.2) is 41.5 Å². The van der Waals surface area contributed by atoms with Crippen LogP contribution in [0.5, 0.6) is 28.7 Å². The molecule has 0 amide bonds. The summed E-state index contributed by atoms with van der Waals surface area (Å²) in [6, 6.07) is 8.80. The summed E-state index contributed by atoms with van der Waals surface area (Å²) in [6.45, 7) is 0.0613. The van der Waals surface area contributed by atoms with E-state index in [2.05, 4.69) is 0 Å². The predicted octanol–water partition coefficient (Wildman–Crippen LogP) is 3.49. The van der Waals surface area contributed by atoms with E-state index in [4.69, 9.17) is 28.4 Å². The predicted molar refractivity (Wildman–Crippen MR) is 104 cm³/mol. The van der Waals surface area contributed by atoms with Crippen LogP contribution >= 0.6 is 0 Å². The minimum atomic E-state index is -0.483. The van der Waals surface area contributed by atoms with Gasteiger partial charge in [0.15, 0.2) is 23.0 Å². The zero-order valence-electron chi connectivity index (χ0n) is 16.6. The van der Waals surface area contributed by atoms with E-state index in [1.165, 1.54) is 27.4 Å². The fraction of sp³-hybridized carbons (Fsp3) is 0.286. The summed E-state index contributed by atoms with van der Waals surface area (Å²) in [6.07, 6.45) is 2.98. The van der Waals surface area contributed by atoms with Crippen molar-refractivity contribution in [2.75, 3.05) is 35.5 Å². The molecule has 0 unspecified atom stereocenters. The number of hydrogen-bond donors (Lipinski definition) is 0. The molecule has 150 valence electrons. The summed E-state index contributed by atoms with van der Waals surface area (Å²) < 4.78 is 31.6. The highest BCUT2D eigenvalue weighted by atomic mass is 16.5. The third kappa shape index (κ3) is 5.09. The highest BCUT2D eigenvalue weighted by Crippen LogP contribution is 2.38. The third-order valence-corrected chi connectivity index (χ3v) is 3.93. The van der Waals surface area contributed by atoms with Gasteiger partial charge in [-0.2, -0.15) is 0 Å². The summed E-state index contributed by atoms with van der Waals surface area (Å²) >= 11 is 0. The molecule has 0 aliphatic carbocycles. The SMILES string of the molecule is COc1ccc(/C=C/C(=O)OCc2cc(OC)c(OC)c(OC)c2)cc1OC. The highest BCUT2D eigenvalue weighted by Gasteiger charge is 2.13. The number of methoxy groups -OCH3 is 5. The molecular weight excluding hydrogens is 364 g/mol. The Labute approximate surface area is 164 Å². The van der Waals surface area contributed by atoms with Crippen LogP contribution < -0.4 is 23.7 Å². The number of hydrogen-bond acceptors (Lipinski definition) is 7. The molecule has 0 bridgehead atoms. The average Bonchev–Trinajstić information content (AvgIpc) is 2.74. The van der Waals surface area contributed by atoms with E-state index in [1.54, 1.807) is 44.6 Å². The highest BCUT2D eigenvalue weighted by molar-refractivity contribution is 5.87. The molecule has 0 aromatic heterocycles. The molecule has 0 radical (unpaired) electrons. The number of carbonyl (C=O) groups excluding carboxylic acids is 1. The van der Waals surface area contributed by atoms with Crippen molar-refractivity contribution in [2.45, 2.75) is 6.61 Å². The summed E-state index contributed by atoms with van der Waals surface area (Å²) in [5, 5.41) is 0. The maximum absolute atomic E-state index is 12.0. The maximum atomic E-state index is 12.0. The first kappa shape index (κ1) is 21.0. The average molecular weight is 388 g/mol. The van der Waals surface area contributed by atoms with E-state index in [-0.39, 0.29) is 6.61 Å². The van der Waals surface area contributed by atoms with Crippen molar-refractivity contribution in [2.24, 2.45) is 0 Å². The van der Waals surface area contributed by atoms with Crippen molar-refractivity contribution in [1.29, 1.82) is 0 Å². The molecule has 0 spiro atoms. The third-order valence-electron chi connectivity index (χ3n) is 3.93. The lowest BCUT2D eigenvalue weighted by atomic mass is 10.2. The summed E-state index contributed by atoms with van der Waals surface area (Å²) in [7, 11) is 7.70. The number of carbonyl (C=O) groups is 1. The van der Waals surface area contributed by atoms with Crippen LogP contribution in [0.25, 0.3) is 6.08 Å². The van der Waals surface area contributed by atoms with Crippen LogP contribution in [0.15, 0.2) is 36.4 Å². The van der Waals surface area contributed by atoms with Crippen LogP contribution in [-0.2, 0) is 16.1 Å². The van der Waals surface area contributed by atoms with Crippen LogP contribution in [0.3, 0.4) is 0 Å². The van der Waals surface area contributed by atoms with E-state index >= 15 is 0 Å². The number of ether oxygens (including phenoxy) is 6. The lowest BCUT2D eigenvalue weighted by Crippen LogP contribution is -2.02. The first-order chi connectivity index (χ1) is 13.6. The molecule has 0 atom stereocenters. The Morgan fingerprint density at radius 2 is 1.39 bits per heavy atom. The van der Waals surface area contributed by atoms with Crippen molar-refractivity contribution in [3.05, 3.63) is 47.5 Å². The molecular formula is C21H24O7. The fourth-order valence-corrected chi connectivity index (χ4v) is 2.54. The lowest BCUT2D eigenvalue weighted by molar-refractivity contribution is -0.138. The van der Waals surface area contributed by atoms with Gasteiger partial charge in [-0.1, -0.05) is 6.07 Å². The van der Waals surface area contributed by atoms with E-state index in [0.29, 0.717) is 34.3 Å². The second kappa shape index (κ2) is 10.1. The van der Waals surface area contributed by atoms with Crippen LogP contribution in [0, 0.1) is 0 Å². The molecule has 0 fully saturated rings. The molecule has 0 saturated carbocycles. The smallest absolute Gasteiger partial charge is 0.331 e. The lowest BCUT2D eigenvalue weighted by Gasteiger charge is -2.14. The Morgan fingerprint density at radius 1 is 0.786 bits per heavy atom. The summed E-state index contributed by atoms with van der Waals surface area (Å²) in [5.74, 6) is 2.18. The van der Waals surface area contributed by atoms with Crippen LogP contribution in [0.1, 0.15) is 11.1 Å². The number of benzene rings is 2. The van der Waals surface area contributed by atoms with Gasteiger partial charge in [0.25, 0.3) is 0 Å². The molecule has 7 nitrogen and oxygen atoms in total. The first-order valence-corrected chi connectivity index (χ1v) is 8.42. The van der Waals surface area contributed by atoms with Gasteiger partial charge < -0.3 is 28.4 Å². The van der Waals surface area contributed by atoms with E-state index in [0.717, 1.165) is 5.56 Å². The minimum absolute atomic E-state index is 0.0613. The van der Waals surface area contributed by atoms with E-state index < -0.39 is 5.97 Å². The van der Waals surface area contributed by atoms with Crippen LogP contribution in [0.4, 0.5) is 0 Å². The van der Waals surface area contributed by atoms with E-state index in [9.17, 15) is 4.79 Å². The second-order valence-corrected chi connectivity index (χ2v) is 5.59. The Balaban J connectivity index is 2.05. The van der Waals surface area contributed by atoms with Crippen molar-refractivity contribution in [3.63, 3.8) is 0 Å². The van der Waals surface area contributed by atoms with Crippen molar-refractivity contribution in [1.82, 2.24) is 0 Å². The normalized spacial score (nSPS) is 10.5. The molecule has 0 N–H and O–H groups in total. The van der Waals surface area contributed by atoms with Crippen LogP contribution in [0.2, 0.25) is 0 Å². The topological polar surface area (TPSA) is 72.5 Å². The molecule has 0 aliphatic heterocycles. The summed E-state index contributed by atoms with van der Waals surface area (Å²) in [5.41, 5.74) is 1.49. The largest absolute Gasteiger partial charge is 0.493 e. The van der Waals surface area contributed by atoms with Gasteiger partial charge in [0.2, 0.25) is 5.75 Å². The van der Waals surface area contributed by atoms with Gasteiger partial charge >= 0.3 is 5.97 Å². The molecule has 0 heterocycles. The summed E-state index contributed by atoms with van der Waals surface area (Å²) in [4.78, 5) is 12.0. The molecule has 2 aromatic carbocycles. The minimum Gasteiger partial charge on any atom is -0.493 e. The first-order valence-electron chi connectivity index (χ1n) is 8.42. The van der Waals surface area contributed by atoms with Crippen molar-refractivity contribution in [3.8, 4) is 28.7 Å². The molecule has 28 heavy (non-hydrogen) atoms. The van der Waals surface area contributed by atoms with Crippen molar-refractivity contribution < 1.29 is 33.2 Å². The zero-order chi connectivity index (χ0) is 20.5. The standard InChI is InChI=1S/C21H24O7/c1-23-16-8-6-14(10-17(16)24-2)7-9-20(22)28-13-15-11-18(25-3)21(27-5)19(12-15)26-4/h6-12H,13H2,1-5H3/b9-7+. The van der Waals surface area contributed by atoms with E-state index in [1.807, 2.05) is 6.07 Å². The van der Waals surface area contributed by atoms with Gasteiger partial charge in [-0.05, 0) is 41.5 Å². The molecule has 0 aliphatic rings. The quantitative estimate of drug-likeness (QED) is 0.481. The van der Waals surface area contributed by atoms with Crippen molar-refractivity contribution >= 4 is 12.0 Å². The van der Waals surface area contributed by atoms with Gasteiger partial charge in [0.05, 0.1) is 35.5 Å². The fourth-order valence-electron chi connectivity index (χ4n) is 2.54. The monoisotopic (exact) mass is 388 g/mol. The van der Waals surface area contributed by atoms with Gasteiger partial charge in [-0.3, -0.25) is 0 Å². The number of rotatable bonds is 9. The Hall–Kier alpha value is -3.35. The maximum Gasteiger partial charge on any atom is 0.331 e. The number of esters is 1. The van der Waals surface area contributed by atoms with Gasteiger partial charge in [-0.25, -0.2) is 4.79 Å². The van der Waals surface area contributed by atoms with Gasteiger partial charge in [-0.15, -0.1) is 0 Å². The Bertz CT molecular complexity index is 818. The molecule has 2 aromatic rings. The van der Waals surface area contributed by atoms with Gasteiger partial charge in [0, 0.05) is 6.08 Å². The zero-order valence-corrected chi connectivity index (χ0v) is 16.6.